The van der Waals surface area contributed by atoms with Crippen LogP contribution in [0, 0.1) is 5.41 Å². The van der Waals surface area contributed by atoms with Crippen molar-refractivity contribution < 1.29 is 9.59 Å². The molecule has 1 aliphatic heterocycles. The van der Waals surface area contributed by atoms with Crippen LogP contribution in [0.25, 0.3) is 0 Å². The third-order valence-corrected chi connectivity index (χ3v) is 3.38. The lowest BCUT2D eigenvalue weighted by molar-refractivity contribution is -0.127. The molecule has 1 atom stereocenters. The molecule has 0 unspecified atom stereocenters. The van der Waals surface area contributed by atoms with Gasteiger partial charge in [-0.05, 0) is 12.8 Å². The van der Waals surface area contributed by atoms with E-state index >= 15 is 0 Å². The van der Waals surface area contributed by atoms with E-state index in [2.05, 4.69) is 17.6 Å². The summed E-state index contributed by atoms with van der Waals surface area (Å²) in [4.78, 5) is 23.2. The number of carbonyl (C=O) groups excluding carboxylic acids is 2. The highest BCUT2D eigenvalue weighted by atomic mass is 32.1. The summed E-state index contributed by atoms with van der Waals surface area (Å²) in [6.45, 7) is 3.98. The van der Waals surface area contributed by atoms with Gasteiger partial charge in [0.15, 0.2) is 0 Å². The average Bonchev–Trinajstić information content (AvgIpc) is 2.17. The summed E-state index contributed by atoms with van der Waals surface area (Å²) in [5.41, 5.74) is -0.681. The zero-order valence-electron chi connectivity index (χ0n) is 9.05. The molecule has 1 fully saturated rings. The molecular weight excluding hydrogens is 212 g/mol. The van der Waals surface area contributed by atoms with Gasteiger partial charge in [0.2, 0.25) is 5.91 Å². The Labute approximate surface area is 94.8 Å². The molecule has 0 spiro atoms. The fourth-order valence-corrected chi connectivity index (χ4v) is 2.22. The topological polar surface area (TPSA) is 58.2 Å². The largest absolute Gasteiger partial charge is 0.326 e. The predicted molar refractivity (Wildman–Crippen MR) is 61.5 cm³/mol. The summed E-state index contributed by atoms with van der Waals surface area (Å²) >= 11 is 5.11. The van der Waals surface area contributed by atoms with Crippen molar-refractivity contribution in [1.82, 2.24) is 10.6 Å². The molecule has 84 valence electrons. The van der Waals surface area contributed by atoms with Gasteiger partial charge in [-0.2, -0.15) is 0 Å². The van der Waals surface area contributed by atoms with Gasteiger partial charge in [-0.25, -0.2) is 4.79 Å². The Hall–Kier alpha value is -0.970. The molecule has 0 saturated carbocycles. The molecule has 0 aliphatic carbocycles. The number of amides is 3. The minimum Gasteiger partial charge on any atom is -0.301 e. The molecular formula is C10H16N2O2S. The summed E-state index contributed by atoms with van der Waals surface area (Å²) < 4.78 is 0. The number of hydrogen-bond donors (Lipinski definition) is 2. The summed E-state index contributed by atoms with van der Waals surface area (Å²) in [6, 6.07) is -0.509. The second-order valence-corrected chi connectivity index (χ2v) is 4.18. The molecule has 1 saturated heterocycles. The maximum atomic E-state index is 11.8. The van der Waals surface area contributed by atoms with E-state index < -0.39 is 11.4 Å². The summed E-state index contributed by atoms with van der Waals surface area (Å²) in [6.07, 6.45) is 3.26. The molecule has 3 amide bonds. The molecule has 15 heavy (non-hydrogen) atoms. The van der Waals surface area contributed by atoms with E-state index in [9.17, 15) is 9.59 Å². The number of nitrogens with one attached hydrogen (secondary N) is 2. The SMILES string of the molecule is CCCC[C@@]1(CC)C(=O)NC(=O)NC1=S. The van der Waals surface area contributed by atoms with Crippen LogP contribution in [0.1, 0.15) is 39.5 Å². The van der Waals surface area contributed by atoms with Crippen molar-refractivity contribution >= 4 is 29.1 Å². The Kier molecular flexibility index (Phi) is 3.79. The number of rotatable bonds is 4. The van der Waals surface area contributed by atoms with E-state index in [0.717, 1.165) is 12.8 Å². The predicted octanol–water partition coefficient (Wildman–Crippen LogP) is 1.74. The van der Waals surface area contributed by atoms with Crippen LogP contribution in [-0.4, -0.2) is 16.9 Å². The summed E-state index contributed by atoms with van der Waals surface area (Å²) in [5, 5.41) is 4.80. The highest BCUT2D eigenvalue weighted by molar-refractivity contribution is 7.80. The van der Waals surface area contributed by atoms with Crippen LogP contribution < -0.4 is 10.6 Å². The van der Waals surface area contributed by atoms with Crippen molar-refractivity contribution in [3.8, 4) is 0 Å². The molecule has 4 nitrogen and oxygen atoms in total. The lowest BCUT2D eigenvalue weighted by Crippen LogP contribution is -2.61. The molecule has 0 aromatic rings. The van der Waals surface area contributed by atoms with Gasteiger partial charge in [0.05, 0.1) is 10.4 Å². The van der Waals surface area contributed by atoms with Crippen LogP contribution >= 0.6 is 12.2 Å². The fraction of sp³-hybridized carbons (Fsp3) is 0.700. The van der Waals surface area contributed by atoms with E-state index in [-0.39, 0.29) is 5.91 Å². The third-order valence-electron chi connectivity index (χ3n) is 2.88. The van der Waals surface area contributed by atoms with Gasteiger partial charge in [-0.3, -0.25) is 10.1 Å². The molecule has 0 bridgehead atoms. The second kappa shape index (κ2) is 4.70. The van der Waals surface area contributed by atoms with Gasteiger partial charge < -0.3 is 5.32 Å². The van der Waals surface area contributed by atoms with Gasteiger partial charge in [0, 0.05) is 0 Å². The summed E-state index contributed by atoms with van der Waals surface area (Å²) in [5.74, 6) is -0.257. The fourth-order valence-electron chi connectivity index (χ4n) is 1.78. The van der Waals surface area contributed by atoms with E-state index in [1.165, 1.54) is 0 Å². The first-order valence-electron chi connectivity index (χ1n) is 5.23. The van der Waals surface area contributed by atoms with Gasteiger partial charge in [-0.15, -0.1) is 0 Å². The van der Waals surface area contributed by atoms with Crippen molar-refractivity contribution in [3.63, 3.8) is 0 Å². The first kappa shape index (κ1) is 12.1. The Morgan fingerprint density at radius 2 is 1.93 bits per heavy atom. The summed E-state index contributed by atoms with van der Waals surface area (Å²) in [7, 11) is 0. The molecule has 1 rings (SSSR count). The zero-order chi connectivity index (χ0) is 11.5. The monoisotopic (exact) mass is 228 g/mol. The van der Waals surface area contributed by atoms with E-state index in [0.29, 0.717) is 17.8 Å². The van der Waals surface area contributed by atoms with Crippen molar-refractivity contribution in [2.75, 3.05) is 0 Å². The van der Waals surface area contributed by atoms with Crippen LogP contribution in [0.4, 0.5) is 4.79 Å². The Bertz CT molecular complexity index is 282. The lowest BCUT2D eigenvalue weighted by Gasteiger charge is -2.35. The van der Waals surface area contributed by atoms with E-state index in [1.807, 2.05) is 6.92 Å². The van der Waals surface area contributed by atoms with Crippen molar-refractivity contribution in [3.05, 3.63) is 0 Å². The first-order valence-corrected chi connectivity index (χ1v) is 5.64. The van der Waals surface area contributed by atoms with E-state index in [4.69, 9.17) is 12.2 Å². The number of imide groups is 1. The smallest absolute Gasteiger partial charge is 0.301 e. The van der Waals surface area contributed by atoms with Crippen LogP contribution in [0.2, 0.25) is 0 Å². The maximum Gasteiger partial charge on any atom is 0.326 e. The van der Waals surface area contributed by atoms with Crippen LogP contribution in [0.5, 0.6) is 0 Å². The van der Waals surface area contributed by atoms with Crippen molar-refractivity contribution in [2.45, 2.75) is 39.5 Å². The molecule has 5 heteroatoms. The Morgan fingerprint density at radius 3 is 2.40 bits per heavy atom. The Balaban J connectivity index is 2.89. The molecule has 1 heterocycles. The lowest BCUT2D eigenvalue weighted by atomic mass is 9.78. The van der Waals surface area contributed by atoms with Crippen molar-refractivity contribution in [1.29, 1.82) is 0 Å². The average molecular weight is 228 g/mol. The van der Waals surface area contributed by atoms with Gasteiger partial charge in [0.1, 0.15) is 0 Å². The second-order valence-electron chi connectivity index (χ2n) is 3.78. The standard InChI is InChI=1S/C10H16N2O2S/c1-3-5-6-10(4-2)7(13)11-9(14)12-8(10)15/h3-6H2,1-2H3,(H2,11,12,13,14,15)/t10-/m0/s1. The van der Waals surface area contributed by atoms with E-state index in [1.54, 1.807) is 0 Å². The quantitative estimate of drug-likeness (QED) is 0.721. The Morgan fingerprint density at radius 1 is 1.27 bits per heavy atom. The molecule has 0 radical (unpaired) electrons. The number of unbranched alkanes of at least 4 members (excludes halogenated alkanes) is 1. The minimum absolute atomic E-state index is 0.257. The number of thiocarbonyl (C=S) groups is 1. The van der Waals surface area contributed by atoms with Gasteiger partial charge in [0.25, 0.3) is 0 Å². The zero-order valence-corrected chi connectivity index (χ0v) is 9.87. The first-order chi connectivity index (χ1) is 7.06. The van der Waals surface area contributed by atoms with Crippen molar-refractivity contribution in [2.24, 2.45) is 5.41 Å². The number of urea groups is 1. The highest BCUT2D eigenvalue weighted by Gasteiger charge is 2.45. The van der Waals surface area contributed by atoms with Crippen LogP contribution in [-0.2, 0) is 4.79 Å². The molecule has 0 aromatic carbocycles. The molecule has 2 N–H and O–H groups in total. The van der Waals surface area contributed by atoms with Gasteiger partial charge >= 0.3 is 6.03 Å². The number of carbonyl (C=O) groups is 2. The molecule has 0 aromatic heterocycles. The molecule has 1 aliphatic rings. The highest BCUT2D eigenvalue weighted by Crippen LogP contribution is 2.32. The number of hydrogen-bond acceptors (Lipinski definition) is 3. The van der Waals surface area contributed by atoms with Gasteiger partial charge in [-0.1, -0.05) is 38.9 Å². The third kappa shape index (κ3) is 2.17. The minimum atomic E-state index is -0.681. The normalized spacial score (nSPS) is 26.1. The maximum absolute atomic E-state index is 11.8. The van der Waals surface area contributed by atoms with Crippen LogP contribution in [0.15, 0.2) is 0 Å². The van der Waals surface area contributed by atoms with Crippen LogP contribution in [0.3, 0.4) is 0 Å².